The molecule has 0 atom stereocenters. The molecule has 0 amide bonds. The third-order valence-electron chi connectivity index (χ3n) is 3.80. The second-order valence-electron chi connectivity index (χ2n) is 5.64. The normalized spacial score (nSPS) is 10.7. The fourth-order valence-electron chi connectivity index (χ4n) is 2.58. The van der Waals surface area contributed by atoms with Crippen molar-refractivity contribution in [1.82, 2.24) is 9.97 Å². The highest BCUT2D eigenvalue weighted by Crippen LogP contribution is 2.27. The van der Waals surface area contributed by atoms with Gasteiger partial charge in [0.1, 0.15) is 17.3 Å². The van der Waals surface area contributed by atoms with E-state index in [9.17, 15) is 0 Å². The standard InChI is InChI=1S/C20H14ClN3OS/c21-13-5-9-15(10-6-13)25-16-11-7-14(8-12-16)22-19-17-3-1-2-4-18(17)23-20(26)24-19/h1-12H,(H2,22,23,24,26). The Kier molecular flexibility index (Phi) is 4.56. The van der Waals surface area contributed by atoms with E-state index in [0.29, 0.717) is 9.79 Å². The zero-order valence-electron chi connectivity index (χ0n) is 13.6. The first-order valence-electron chi connectivity index (χ1n) is 7.97. The SMILES string of the molecule is S=c1nc(Nc2ccc(Oc3ccc(Cl)cc3)cc2)c2ccccc2[nH]1. The predicted octanol–water partition coefficient (Wildman–Crippen LogP) is 6.48. The highest BCUT2D eigenvalue weighted by Gasteiger charge is 2.04. The van der Waals surface area contributed by atoms with Gasteiger partial charge in [-0.3, -0.25) is 0 Å². The number of nitrogens with one attached hydrogen (secondary N) is 2. The summed E-state index contributed by atoms with van der Waals surface area (Å²) < 4.78 is 6.24. The summed E-state index contributed by atoms with van der Waals surface area (Å²) in [4.78, 5) is 7.49. The van der Waals surface area contributed by atoms with Crippen LogP contribution in [0.2, 0.25) is 5.02 Å². The van der Waals surface area contributed by atoms with E-state index in [0.717, 1.165) is 33.9 Å². The third kappa shape index (κ3) is 3.69. The quantitative estimate of drug-likeness (QED) is 0.398. The van der Waals surface area contributed by atoms with Gasteiger partial charge in [-0.2, -0.15) is 0 Å². The number of ether oxygens (including phenoxy) is 1. The lowest BCUT2D eigenvalue weighted by atomic mass is 10.2. The minimum absolute atomic E-state index is 0.439. The summed E-state index contributed by atoms with van der Waals surface area (Å²) in [6.07, 6.45) is 0. The number of fused-ring (bicyclic) bond motifs is 1. The summed E-state index contributed by atoms with van der Waals surface area (Å²) in [6, 6.07) is 22.8. The molecule has 0 saturated carbocycles. The number of benzene rings is 3. The Balaban J connectivity index is 1.56. The van der Waals surface area contributed by atoms with Gasteiger partial charge in [0.2, 0.25) is 0 Å². The van der Waals surface area contributed by atoms with Gasteiger partial charge < -0.3 is 15.0 Å². The Morgan fingerprint density at radius 3 is 2.27 bits per heavy atom. The van der Waals surface area contributed by atoms with E-state index >= 15 is 0 Å². The lowest BCUT2D eigenvalue weighted by Gasteiger charge is -2.10. The summed E-state index contributed by atoms with van der Waals surface area (Å²) in [6.45, 7) is 0. The number of para-hydroxylation sites is 1. The first kappa shape index (κ1) is 16.6. The molecule has 0 bridgehead atoms. The van der Waals surface area contributed by atoms with E-state index < -0.39 is 0 Å². The van der Waals surface area contributed by atoms with Crippen LogP contribution < -0.4 is 10.1 Å². The van der Waals surface area contributed by atoms with Gasteiger partial charge in [0, 0.05) is 16.1 Å². The molecular formula is C20H14ClN3OS. The molecule has 3 aromatic carbocycles. The van der Waals surface area contributed by atoms with Crippen LogP contribution in [-0.4, -0.2) is 9.97 Å². The molecule has 128 valence electrons. The zero-order valence-corrected chi connectivity index (χ0v) is 15.1. The molecule has 6 heteroatoms. The number of halogens is 1. The number of anilines is 2. The van der Waals surface area contributed by atoms with Crippen LogP contribution in [0.3, 0.4) is 0 Å². The Bertz CT molecular complexity index is 1110. The van der Waals surface area contributed by atoms with Crippen molar-refractivity contribution in [3.8, 4) is 11.5 Å². The smallest absolute Gasteiger partial charge is 0.199 e. The minimum atomic E-state index is 0.439. The van der Waals surface area contributed by atoms with Crippen molar-refractivity contribution < 1.29 is 4.74 Å². The van der Waals surface area contributed by atoms with Crippen molar-refractivity contribution in [2.75, 3.05) is 5.32 Å². The van der Waals surface area contributed by atoms with Crippen molar-refractivity contribution in [3.05, 3.63) is 82.6 Å². The molecule has 0 saturated heterocycles. The summed E-state index contributed by atoms with van der Waals surface area (Å²) >= 11 is 11.1. The van der Waals surface area contributed by atoms with E-state index in [1.54, 1.807) is 12.1 Å². The second-order valence-corrected chi connectivity index (χ2v) is 6.46. The van der Waals surface area contributed by atoms with Crippen LogP contribution in [-0.2, 0) is 0 Å². The summed E-state index contributed by atoms with van der Waals surface area (Å²) in [5.41, 5.74) is 1.84. The Hall–Kier alpha value is -2.89. The molecule has 0 aliphatic carbocycles. The molecule has 4 nitrogen and oxygen atoms in total. The molecule has 0 aliphatic rings. The molecule has 0 radical (unpaired) electrons. The molecule has 0 spiro atoms. The van der Waals surface area contributed by atoms with Gasteiger partial charge in [0.15, 0.2) is 4.77 Å². The van der Waals surface area contributed by atoms with Gasteiger partial charge in [-0.05, 0) is 72.9 Å². The topological polar surface area (TPSA) is 49.9 Å². The number of hydrogen-bond acceptors (Lipinski definition) is 4. The maximum atomic E-state index is 5.89. The van der Waals surface area contributed by atoms with Crippen LogP contribution in [0.15, 0.2) is 72.8 Å². The molecule has 0 aliphatic heterocycles. The third-order valence-corrected chi connectivity index (χ3v) is 4.25. The second kappa shape index (κ2) is 7.15. The highest BCUT2D eigenvalue weighted by molar-refractivity contribution is 7.71. The van der Waals surface area contributed by atoms with Gasteiger partial charge >= 0.3 is 0 Å². The summed E-state index contributed by atoms with van der Waals surface area (Å²) in [5, 5.41) is 4.97. The summed E-state index contributed by atoms with van der Waals surface area (Å²) in [5.74, 6) is 2.19. The molecule has 0 unspecified atom stereocenters. The van der Waals surface area contributed by atoms with E-state index in [1.807, 2.05) is 60.7 Å². The molecule has 26 heavy (non-hydrogen) atoms. The molecule has 1 heterocycles. The highest BCUT2D eigenvalue weighted by atomic mass is 35.5. The molecule has 0 fully saturated rings. The predicted molar refractivity (Wildman–Crippen MR) is 108 cm³/mol. The Morgan fingerprint density at radius 2 is 1.54 bits per heavy atom. The molecule has 4 aromatic rings. The molecular weight excluding hydrogens is 366 g/mol. The fraction of sp³-hybridized carbons (Fsp3) is 0. The van der Waals surface area contributed by atoms with E-state index in [-0.39, 0.29) is 0 Å². The molecule has 2 N–H and O–H groups in total. The first-order valence-corrected chi connectivity index (χ1v) is 8.75. The number of H-pyrrole nitrogens is 1. The zero-order chi connectivity index (χ0) is 17.9. The number of aromatic amines is 1. The monoisotopic (exact) mass is 379 g/mol. The number of aromatic nitrogens is 2. The molecule has 1 aromatic heterocycles. The average Bonchev–Trinajstić information content (AvgIpc) is 2.65. The van der Waals surface area contributed by atoms with Crippen LogP contribution in [0, 0.1) is 4.77 Å². The molecule has 4 rings (SSSR count). The van der Waals surface area contributed by atoms with E-state index in [1.165, 1.54) is 0 Å². The largest absolute Gasteiger partial charge is 0.457 e. The van der Waals surface area contributed by atoms with Crippen molar-refractivity contribution in [2.45, 2.75) is 0 Å². The van der Waals surface area contributed by atoms with Crippen LogP contribution in [0.5, 0.6) is 11.5 Å². The van der Waals surface area contributed by atoms with Crippen molar-refractivity contribution in [3.63, 3.8) is 0 Å². The fourth-order valence-corrected chi connectivity index (χ4v) is 2.91. The Labute approximate surface area is 160 Å². The van der Waals surface area contributed by atoms with Crippen LogP contribution in [0.4, 0.5) is 11.5 Å². The van der Waals surface area contributed by atoms with Gasteiger partial charge in [0.25, 0.3) is 0 Å². The van der Waals surface area contributed by atoms with Crippen molar-refractivity contribution in [2.24, 2.45) is 0 Å². The van der Waals surface area contributed by atoms with Gasteiger partial charge in [-0.15, -0.1) is 0 Å². The van der Waals surface area contributed by atoms with Gasteiger partial charge in [-0.25, -0.2) is 4.98 Å². The van der Waals surface area contributed by atoms with E-state index in [2.05, 4.69) is 15.3 Å². The number of nitrogens with zero attached hydrogens (tertiary/aromatic N) is 1. The first-order chi connectivity index (χ1) is 12.7. The lowest BCUT2D eigenvalue weighted by Crippen LogP contribution is -1.97. The van der Waals surface area contributed by atoms with Gasteiger partial charge in [0.05, 0.1) is 5.52 Å². The minimum Gasteiger partial charge on any atom is -0.457 e. The Morgan fingerprint density at radius 1 is 0.885 bits per heavy atom. The number of rotatable bonds is 4. The average molecular weight is 380 g/mol. The summed E-state index contributed by atoms with van der Waals surface area (Å²) in [7, 11) is 0. The maximum absolute atomic E-state index is 5.89. The van der Waals surface area contributed by atoms with Crippen molar-refractivity contribution in [1.29, 1.82) is 0 Å². The maximum Gasteiger partial charge on any atom is 0.199 e. The van der Waals surface area contributed by atoms with Crippen molar-refractivity contribution >= 4 is 46.2 Å². The number of hydrogen-bond donors (Lipinski definition) is 2. The van der Waals surface area contributed by atoms with Gasteiger partial charge in [-0.1, -0.05) is 23.7 Å². The van der Waals surface area contributed by atoms with Crippen LogP contribution in [0.25, 0.3) is 10.9 Å². The van der Waals surface area contributed by atoms with E-state index in [4.69, 9.17) is 28.6 Å². The van der Waals surface area contributed by atoms with Crippen LogP contribution >= 0.6 is 23.8 Å². The van der Waals surface area contributed by atoms with Crippen LogP contribution in [0.1, 0.15) is 0 Å². The lowest BCUT2D eigenvalue weighted by molar-refractivity contribution is 0.483.